The van der Waals surface area contributed by atoms with Crippen molar-refractivity contribution in [2.24, 2.45) is 0 Å². The van der Waals surface area contributed by atoms with Crippen molar-refractivity contribution in [1.82, 2.24) is 15.0 Å². The quantitative estimate of drug-likeness (QED) is 0.821. The van der Waals surface area contributed by atoms with Gasteiger partial charge in [0, 0.05) is 11.6 Å². The Bertz CT molecular complexity index is 529. The predicted octanol–water partition coefficient (Wildman–Crippen LogP) is 2.04. The molecule has 0 atom stereocenters. The molecule has 0 aliphatic rings. The van der Waals surface area contributed by atoms with E-state index in [4.69, 9.17) is 0 Å². The molecule has 2 rings (SSSR count). The van der Waals surface area contributed by atoms with E-state index >= 15 is 0 Å². The molecule has 0 aliphatic heterocycles. The molecule has 0 saturated heterocycles. The average molecular weight is 231 g/mol. The van der Waals surface area contributed by atoms with Crippen molar-refractivity contribution < 1.29 is 9.90 Å². The number of hydrogen-bond acceptors (Lipinski definition) is 4. The Morgan fingerprint density at radius 2 is 1.94 bits per heavy atom. The van der Waals surface area contributed by atoms with Crippen LogP contribution in [0.1, 0.15) is 30.4 Å². The summed E-state index contributed by atoms with van der Waals surface area (Å²) in [6.07, 6.45) is 0.752. The maximum Gasteiger partial charge on any atom is 0.170 e. The third kappa shape index (κ3) is 2.04. The van der Waals surface area contributed by atoms with E-state index in [1.165, 1.54) is 0 Å². The summed E-state index contributed by atoms with van der Waals surface area (Å²) in [5.41, 5.74) is 1.75. The fourth-order valence-corrected chi connectivity index (χ4v) is 1.62. The molecule has 1 N–H and O–H groups in total. The zero-order valence-corrected chi connectivity index (χ0v) is 9.66. The molecule has 0 amide bonds. The highest BCUT2D eigenvalue weighted by atomic mass is 16.3. The number of aromatic nitrogens is 3. The second-order valence-corrected chi connectivity index (χ2v) is 4.03. The van der Waals surface area contributed by atoms with Crippen LogP contribution in [-0.4, -0.2) is 26.4 Å². The number of aromatic hydroxyl groups is 1. The molecule has 17 heavy (non-hydrogen) atoms. The van der Waals surface area contributed by atoms with Gasteiger partial charge in [-0.3, -0.25) is 4.79 Å². The highest BCUT2D eigenvalue weighted by Gasteiger charge is 2.15. The third-order valence-electron chi connectivity index (χ3n) is 2.47. The number of nitrogens with zero attached hydrogens (tertiary/aromatic N) is 3. The minimum atomic E-state index is 0.0774. The van der Waals surface area contributed by atoms with Crippen LogP contribution in [0.3, 0.4) is 0 Å². The lowest BCUT2D eigenvalue weighted by atomic mass is 10.1. The van der Waals surface area contributed by atoms with E-state index in [1.54, 1.807) is 28.9 Å². The van der Waals surface area contributed by atoms with Crippen molar-refractivity contribution in [1.29, 1.82) is 0 Å². The van der Waals surface area contributed by atoms with Gasteiger partial charge >= 0.3 is 0 Å². The van der Waals surface area contributed by atoms with Gasteiger partial charge in [-0.1, -0.05) is 5.21 Å². The fraction of sp³-hybridized carbons (Fsp3) is 0.250. The molecule has 1 aromatic heterocycles. The van der Waals surface area contributed by atoms with Gasteiger partial charge in [-0.05, 0) is 38.1 Å². The second kappa shape index (κ2) is 4.37. The lowest BCUT2D eigenvalue weighted by Gasteiger charge is -2.05. The topological polar surface area (TPSA) is 68.0 Å². The molecule has 0 radical (unpaired) electrons. The normalized spacial score (nSPS) is 10.8. The molecule has 5 heteroatoms. The maximum atomic E-state index is 11.1. The van der Waals surface area contributed by atoms with E-state index in [1.807, 2.05) is 13.8 Å². The number of phenolic OH excluding ortho intramolecular Hbond substituents is 1. The first kappa shape index (κ1) is 11.3. The van der Waals surface area contributed by atoms with Crippen LogP contribution in [0.4, 0.5) is 0 Å². The van der Waals surface area contributed by atoms with E-state index in [9.17, 15) is 9.90 Å². The van der Waals surface area contributed by atoms with Crippen molar-refractivity contribution in [3.63, 3.8) is 0 Å². The monoisotopic (exact) mass is 231 g/mol. The van der Waals surface area contributed by atoms with Crippen LogP contribution in [0.15, 0.2) is 24.3 Å². The Hall–Kier alpha value is -2.17. The van der Waals surface area contributed by atoms with E-state index in [2.05, 4.69) is 10.3 Å². The SMILES string of the molecule is CC(C)n1nnc(-c2ccc(O)cc2)c1C=O. The van der Waals surface area contributed by atoms with Crippen LogP contribution >= 0.6 is 0 Å². The van der Waals surface area contributed by atoms with Crippen molar-refractivity contribution in [3.05, 3.63) is 30.0 Å². The van der Waals surface area contributed by atoms with Crippen LogP contribution in [0, 0.1) is 0 Å². The van der Waals surface area contributed by atoms with Gasteiger partial charge in [-0.2, -0.15) is 0 Å². The molecule has 0 unspecified atom stereocenters. The number of carbonyl (C=O) groups excluding carboxylic acids is 1. The first-order valence-corrected chi connectivity index (χ1v) is 5.33. The number of hydrogen-bond donors (Lipinski definition) is 1. The van der Waals surface area contributed by atoms with Gasteiger partial charge in [0.25, 0.3) is 0 Å². The minimum Gasteiger partial charge on any atom is -0.508 e. The van der Waals surface area contributed by atoms with E-state index in [0.29, 0.717) is 11.4 Å². The van der Waals surface area contributed by atoms with Crippen LogP contribution in [0.2, 0.25) is 0 Å². The Balaban J connectivity index is 2.52. The lowest BCUT2D eigenvalue weighted by Crippen LogP contribution is -2.07. The summed E-state index contributed by atoms with van der Waals surface area (Å²) >= 11 is 0. The zero-order valence-electron chi connectivity index (χ0n) is 9.66. The summed E-state index contributed by atoms with van der Waals surface area (Å²) in [6.45, 7) is 3.87. The largest absolute Gasteiger partial charge is 0.508 e. The molecule has 0 bridgehead atoms. The zero-order chi connectivity index (χ0) is 12.4. The fourth-order valence-electron chi connectivity index (χ4n) is 1.62. The van der Waals surface area contributed by atoms with Crippen molar-refractivity contribution in [3.8, 4) is 17.0 Å². The summed E-state index contributed by atoms with van der Waals surface area (Å²) in [5.74, 6) is 0.178. The smallest absolute Gasteiger partial charge is 0.170 e. The number of benzene rings is 1. The Morgan fingerprint density at radius 3 is 2.47 bits per heavy atom. The predicted molar refractivity (Wildman–Crippen MR) is 62.9 cm³/mol. The molecular weight excluding hydrogens is 218 g/mol. The molecule has 2 aromatic rings. The lowest BCUT2D eigenvalue weighted by molar-refractivity contribution is 0.111. The Kier molecular flexibility index (Phi) is 2.91. The minimum absolute atomic E-state index is 0.0774. The Labute approximate surface area is 98.7 Å². The molecule has 0 aliphatic carbocycles. The molecule has 5 nitrogen and oxygen atoms in total. The molecule has 0 fully saturated rings. The highest BCUT2D eigenvalue weighted by Crippen LogP contribution is 2.23. The van der Waals surface area contributed by atoms with Gasteiger partial charge in [0.05, 0.1) is 0 Å². The van der Waals surface area contributed by atoms with Crippen LogP contribution in [0.5, 0.6) is 5.75 Å². The van der Waals surface area contributed by atoms with Gasteiger partial charge in [0.15, 0.2) is 6.29 Å². The van der Waals surface area contributed by atoms with E-state index in [-0.39, 0.29) is 11.8 Å². The van der Waals surface area contributed by atoms with Crippen LogP contribution in [-0.2, 0) is 0 Å². The number of phenols is 1. The number of carbonyl (C=O) groups is 1. The van der Waals surface area contributed by atoms with Crippen molar-refractivity contribution >= 4 is 6.29 Å². The standard InChI is InChI=1S/C12H13N3O2/c1-8(2)15-11(7-16)12(13-14-15)9-3-5-10(17)6-4-9/h3-8,17H,1-2H3. The van der Waals surface area contributed by atoms with Crippen LogP contribution < -0.4 is 0 Å². The van der Waals surface area contributed by atoms with Gasteiger partial charge in [0.2, 0.25) is 0 Å². The molecular formula is C12H13N3O2. The average Bonchev–Trinajstić information content (AvgIpc) is 2.73. The maximum absolute atomic E-state index is 11.1. The number of aldehydes is 1. The summed E-state index contributed by atoms with van der Waals surface area (Å²) in [6, 6.07) is 6.60. The first-order chi connectivity index (χ1) is 8.13. The van der Waals surface area contributed by atoms with E-state index < -0.39 is 0 Å². The second-order valence-electron chi connectivity index (χ2n) is 4.03. The molecule has 1 heterocycles. The van der Waals surface area contributed by atoms with Gasteiger partial charge in [0.1, 0.15) is 17.1 Å². The number of rotatable bonds is 3. The van der Waals surface area contributed by atoms with Gasteiger partial charge in [-0.15, -0.1) is 5.10 Å². The van der Waals surface area contributed by atoms with E-state index in [0.717, 1.165) is 11.8 Å². The first-order valence-electron chi connectivity index (χ1n) is 5.33. The third-order valence-corrected chi connectivity index (χ3v) is 2.47. The summed E-state index contributed by atoms with van der Waals surface area (Å²) in [5, 5.41) is 17.2. The van der Waals surface area contributed by atoms with Crippen molar-refractivity contribution in [2.45, 2.75) is 19.9 Å². The van der Waals surface area contributed by atoms with Gasteiger partial charge in [-0.25, -0.2) is 4.68 Å². The van der Waals surface area contributed by atoms with Gasteiger partial charge < -0.3 is 5.11 Å². The molecule has 1 aromatic carbocycles. The molecule has 0 saturated carbocycles. The summed E-state index contributed by atoms with van der Waals surface area (Å²) in [4.78, 5) is 11.1. The molecule has 88 valence electrons. The summed E-state index contributed by atoms with van der Waals surface area (Å²) in [7, 11) is 0. The highest BCUT2D eigenvalue weighted by molar-refractivity contribution is 5.83. The van der Waals surface area contributed by atoms with Crippen molar-refractivity contribution in [2.75, 3.05) is 0 Å². The van der Waals surface area contributed by atoms with Crippen LogP contribution in [0.25, 0.3) is 11.3 Å². The molecule has 0 spiro atoms. The summed E-state index contributed by atoms with van der Waals surface area (Å²) < 4.78 is 1.58. The Morgan fingerprint density at radius 1 is 1.29 bits per heavy atom.